The van der Waals surface area contributed by atoms with Crippen LogP contribution in [-0.2, 0) is 47.7 Å². The van der Waals surface area contributed by atoms with Crippen LogP contribution in [0.1, 0.15) is 26.7 Å². The summed E-state index contributed by atoms with van der Waals surface area (Å²) in [6.07, 6.45) is -7.08. The Hall–Kier alpha value is -3.18. The SMILES string of the molecule is CC(=O)OC(C(=O)O)C(OC(C)=O)C(=O)OC(CCC(=O)O)OC=O. The van der Waals surface area contributed by atoms with Crippen LogP contribution < -0.4 is 0 Å². The molecule has 0 aromatic rings. The standard InChI is InChI=1S/C13H16O12/c1-6(15)23-10(12(19)20)11(24-7(2)16)13(21)25-9(22-5-14)4-3-8(17)18/h5,9-11H,3-4H2,1-2H3,(H,17,18)(H,19,20). The molecule has 0 amide bonds. The van der Waals surface area contributed by atoms with Gasteiger partial charge >= 0.3 is 29.8 Å². The van der Waals surface area contributed by atoms with Crippen molar-refractivity contribution < 1.29 is 57.9 Å². The Morgan fingerprint density at radius 1 is 0.920 bits per heavy atom. The van der Waals surface area contributed by atoms with Crippen LogP contribution in [0.4, 0.5) is 0 Å². The summed E-state index contributed by atoms with van der Waals surface area (Å²) in [5.74, 6) is -6.77. The number of carbonyl (C=O) groups excluding carboxylic acids is 4. The lowest BCUT2D eigenvalue weighted by Crippen LogP contribution is -2.47. The van der Waals surface area contributed by atoms with E-state index in [2.05, 4.69) is 18.9 Å². The second kappa shape index (κ2) is 10.6. The molecule has 12 nitrogen and oxygen atoms in total. The first-order valence-electron chi connectivity index (χ1n) is 6.67. The molecule has 0 heterocycles. The highest BCUT2D eigenvalue weighted by Crippen LogP contribution is 2.13. The number of carbonyl (C=O) groups is 6. The summed E-state index contributed by atoms with van der Waals surface area (Å²) in [5.41, 5.74) is 0. The van der Waals surface area contributed by atoms with Gasteiger partial charge in [0.2, 0.25) is 18.5 Å². The van der Waals surface area contributed by atoms with Gasteiger partial charge in [0.05, 0.1) is 6.42 Å². The number of carboxylic acids is 2. The highest BCUT2D eigenvalue weighted by Gasteiger charge is 2.41. The molecule has 25 heavy (non-hydrogen) atoms. The van der Waals surface area contributed by atoms with Crippen LogP contribution in [0.25, 0.3) is 0 Å². The maximum absolute atomic E-state index is 12.0. The van der Waals surface area contributed by atoms with E-state index in [1.807, 2.05) is 0 Å². The smallest absolute Gasteiger partial charge is 0.355 e. The lowest BCUT2D eigenvalue weighted by molar-refractivity contribution is -0.203. The minimum Gasteiger partial charge on any atom is -0.481 e. The van der Waals surface area contributed by atoms with Gasteiger partial charge < -0.3 is 29.2 Å². The van der Waals surface area contributed by atoms with Crippen molar-refractivity contribution in [2.45, 2.75) is 45.2 Å². The zero-order valence-corrected chi connectivity index (χ0v) is 13.2. The third-order valence-corrected chi connectivity index (χ3v) is 2.39. The van der Waals surface area contributed by atoms with Gasteiger partial charge in [0.15, 0.2) is 0 Å². The maximum Gasteiger partial charge on any atom is 0.355 e. The quantitative estimate of drug-likeness (QED) is 0.194. The molecule has 0 saturated carbocycles. The Balaban J connectivity index is 5.32. The molecule has 0 spiro atoms. The average Bonchev–Trinajstić information content (AvgIpc) is 2.47. The lowest BCUT2D eigenvalue weighted by Gasteiger charge is -2.23. The summed E-state index contributed by atoms with van der Waals surface area (Å²) in [4.78, 5) is 66.1. The summed E-state index contributed by atoms with van der Waals surface area (Å²) < 4.78 is 17.9. The van der Waals surface area contributed by atoms with E-state index in [1.165, 1.54) is 0 Å². The van der Waals surface area contributed by atoms with E-state index in [4.69, 9.17) is 10.2 Å². The molecule has 12 heteroatoms. The van der Waals surface area contributed by atoms with E-state index < -0.39 is 61.2 Å². The number of rotatable bonds is 11. The molecule has 0 saturated heterocycles. The predicted molar refractivity (Wildman–Crippen MR) is 72.6 cm³/mol. The first kappa shape index (κ1) is 21.8. The molecule has 3 atom stereocenters. The number of esters is 3. The maximum atomic E-state index is 12.0. The van der Waals surface area contributed by atoms with Gasteiger partial charge in [-0.25, -0.2) is 9.59 Å². The molecule has 2 N–H and O–H groups in total. The van der Waals surface area contributed by atoms with E-state index in [0.29, 0.717) is 0 Å². The zero-order valence-electron chi connectivity index (χ0n) is 13.2. The van der Waals surface area contributed by atoms with Crippen molar-refractivity contribution in [3.63, 3.8) is 0 Å². The Labute approximate surface area is 140 Å². The van der Waals surface area contributed by atoms with E-state index >= 15 is 0 Å². The fourth-order valence-corrected chi connectivity index (χ4v) is 1.49. The number of aliphatic carboxylic acids is 2. The van der Waals surface area contributed by atoms with Crippen LogP contribution in [0.2, 0.25) is 0 Å². The normalized spacial score (nSPS) is 13.5. The van der Waals surface area contributed by atoms with Gasteiger partial charge in [0.25, 0.3) is 6.47 Å². The number of hydrogen-bond donors (Lipinski definition) is 2. The van der Waals surface area contributed by atoms with Crippen LogP contribution in [-0.4, -0.2) is 65.0 Å². The second-order valence-corrected chi connectivity index (χ2v) is 4.43. The highest BCUT2D eigenvalue weighted by atomic mass is 16.7. The fraction of sp³-hybridized carbons (Fsp3) is 0.538. The molecule has 0 bridgehead atoms. The molecule has 0 aliphatic rings. The molecule has 0 fully saturated rings. The average molecular weight is 364 g/mol. The van der Waals surface area contributed by atoms with E-state index in [1.54, 1.807) is 0 Å². The third kappa shape index (κ3) is 8.88. The number of hydrogen-bond acceptors (Lipinski definition) is 10. The van der Waals surface area contributed by atoms with Crippen molar-refractivity contribution >= 4 is 36.3 Å². The predicted octanol–water partition coefficient (Wildman–Crippen LogP) is -1.16. The van der Waals surface area contributed by atoms with Crippen LogP contribution >= 0.6 is 0 Å². The molecule has 0 rings (SSSR count). The van der Waals surface area contributed by atoms with Gasteiger partial charge in [-0.2, -0.15) is 0 Å². The van der Waals surface area contributed by atoms with Gasteiger partial charge in [-0.15, -0.1) is 0 Å². The van der Waals surface area contributed by atoms with Crippen molar-refractivity contribution in [3.05, 3.63) is 0 Å². The topological polar surface area (TPSA) is 180 Å². The van der Waals surface area contributed by atoms with Crippen LogP contribution in [0.3, 0.4) is 0 Å². The first-order valence-corrected chi connectivity index (χ1v) is 6.67. The fourth-order valence-electron chi connectivity index (χ4n) is 1.49. The van der Waals surface area contributed by atoms with Gasteiger partial charge in [-0.1, -0.05) is 0 Å². The van der Waals surface area contributed by atoms with Crippen molar-refractivity contribution in [1.82, 2.24) is 0 Å². The molecule has 0 aliphatic carbocycles. The Morgan fingerprint density at radius 2 is 1.44 bits per heavy atom. The molecular formula is C13H16O12. The molecule has 0 aromatic carbocycles. The Bertz CT molecular complexity index is 539. The van der Waals surface area contributed by atoms with Crippen molar-refractivity contribution in [2.75, 3.05) is 0 Å². The van der Waals surface area contributed by atoms with E-state index in [0.717, 1.165) is 13.8 Å². The minimum atomic E-state index is -2.22. The lowest BCUT2D eigenvalue weighted by atomic mass is 10.2. The van der Waals surface area contributed by atoms with Gasteiger partial charge in [0, 0.05) is 20.3 Å². The second-order valence-electron chi connectivity index (χ2n) is 4.43. The molecular weight excluding hydrogens is 348 g/mol. The monoisotopic (exact) mass is 364 g/mol. The van der Waals surface area contributed by atoms with Crippen LogP contribution in [0.5, 0.6) is 0 Å². The molecule has 0 aliphatic heterocycles. The van der Waals surface area contributed by atoms with Gasteiger partial charge in [-0.05, 0) is 0 Å². The summed E-state index contributed by atoms with van der Waals surface area (Å²) in [7, 11) is 0. The summed E-state index contributed by atoms with van der Waals surface area (Å²) >= 11 is 0. The molecule has 3 unspecified atom stereocenters. The minimum absolute atomic E-state index is 0.124. The largest absolute Gasteiger partial charge is 0.481 e. The number of carboxylic acid groups (broad SMARTS) is 2. The summed E-state index contributed by atoms with van der Waals surface area (Å²) in [5, 5.41) is 17.6. The van der Waals surface area contributed by atoms with Crippen LogP contribution in [0.15, 0.2) is 0 Å². The van der Waals surface area contributed by atoms with Gasteiger partial charge in [0.1, 0.15) is 0 Å². The first-order chi connectivity index (χ1) is 11.6. The molecule has 0 radical (unpaired) electrons. The zero-order chi connectivity index (χ0) is 19.6. The van der Waals surface area contributed by atoms with Crippen LogP contribution in [0, 0.1) is 0 Å². The van der Waals surface area contributed by atoms with E-state index in [-0.39, 0.29) is 6.47 Å². The summed E-state index contributed by atoms with van der Waals surface area (Å²) in [6, 6.07) is 0. The molecule has 140 valence electrons. The van der Waals surface area contributed by atoms with Gasteiger partial charge in [-0.3, -0.25) is 19.2 Å². The van der Waals surface area contributed by atoms with Crippen molar-refractivity contribution in [1.29, 1.82) is 0 Å². The Morgan fingerprint density at radius 3 is 1.84 bits per heavy atom. The van der Waals surface area contributed by atoms with Crippen molar-refractivity contribution in [3.8, 4) is 0 Å². The summed E-state index contributed by atoms with van der Waals surface area (Å²) in [6.45, 7) is 1.59. The third-order valence-electron chi connectivity index (χ3n) is 2.39. The highest BCUT2D eigenvalue weighted by molar-refractivity contribution is 5.88. The van der Waals surface area contributed by atoms with E-state index in [9.17, 15) is 28.8 Å². The molecule has 0 aromatic heterocycles. The number of ether oxygens (including phenoxy) is 4. The van der Waals surface area contributed by atoms with Crippen molar-refractivity contribution in [2.24, 2.45) is 0 Å². The Kier molecular flexibility index (Phi) is 9.22.